The number of aryl methyl sites for hydroxylation is 1. The van der Waals surface area contributed by atoms with Crippen LogP contribution in [0.2, 0.25) is 0 Å². The van der Waals surface area contributed by atoms with E-state index >= 15 is 0 Å². The van der Waals surface area contributed by atoms with Crippen molar-refractivity contribution in [1.29, 1.82) is 0 Å². The summed E-state index contributed by atoms with van der Waals surface area (Å²) in [6.07, 6.45) is 5.39. The molecule has 1 amide bonds. The number of hydrogen-bond donors (Lipinski definition) is 3. The number of hydrogen-bond acceptors (Lipinski definition) is 4. The molecule has 2 rings (SSSR count). The summed E-state index contributed by atoms with van der Waals surface area (Å²) in [6.45, 7) is 2.11. The molecule has 0 aliphatic heterocycles. The van der Waals surface area contributed by atoms with E-state index in [1.54, 1.807) is 19.4 Å². The van der Waals surface area contributed by atoms with Crippen molar-refractivity contribution >= 4 is 17.7 Å². The zero-order chi connectivity index (χ0) is 13.8. The Kier molecular flexibility index (Phi) is 4.06. The van der Waals surface area contributed by atoms with Crippen LogP contribution in [0.3, 0.4) is 0 Å². The van der Waals surface area contributed by atoms with Gasteiger partial charge in [0.15, 0.2) is 0 Å². The Morgan fingerprint density at radius 3 is 2.95 bits per heavy atom. The van der Waals surface area contributed by atoms with Crippen LogP contribution in [0.1, 0.15) is 21.6 Å². The average molecular weight is 278 g/mol. The van der Waals surface area contributed by atoms with Crippen LogP contribution in [-0.4, -0.2) is 27.1 Å². The molecule has 0 saturated heterocycles. The summed E-state index contributed by atoms with van der Waals surface area (Å²) in [5.74, 6) is -0.244. The van der Waals surface area contributed by atoms with Crippen molar-refractivity contribution in [3.63, 3.8) is 0 Å². The number of thioether (sulfide) groups is 1. The van der Waals surface area contributed by atoms with E-state index in [1.165, 1.54) is 11.8 Å². The molecule has 2 aromatic rings. The second-order valence-corrected chi connectivity index (χ2v) is 4.75. The number of carbonyl (C=O) groups is 1. The van der Waals surface area contributed by atoms with Gasteiger partial charge in [-0.3, -0.25) is 4.79 Å². The smallest absolute Gasteiger partial charge is 0.346 e. The van der Waals surface area contributed by atoms with E-state index in [0.717, 1.165) is 5.56 Å². The molecule has 0 saturated carbocycles. The predicted molar refractivity (Wildman–Crippen MR) is 73.3 cm³/mol. The minimum atomic E-state index is -0.441. The molecule has 3 N–H and O–H groups in total. The Labute approximate surface area is 114 Å². The van der Waals surface area contributed by atoms with Crippen molar-refractivity contribution in [2.75, 3.05) is 6.26 Å². The largest absolute Gasteiger partial charge is 0.367 e. The Morgan fingerprint density at radius 1 is 1.53 bits per heavy atom. The normalized spacial score (nSPS) is 10.4. The first kappa shape index (κ1) is 13.4. The molecule has 0 aliphatic carbocycles. The minimum Gasteiger partial charge on any atom is -0.367 e. The van der Waals surface area contributed by atoms with E-state index in [1.807, 2.05) is 12.3 Å². The van der Waals surface area contributed by atoms with Gasteiger partial charge in [-0.25, -0.2) is 4.79 Å². The number of rotatable bonds is 4. The van der Waals surface area contributed by atoms with E-state index in [-0.39, 0.29) is 5.91 Å². The molecule has 0 bridgehead atoms. The second-order valence-electron chi connectivity index (χ2n) is 3.95. The summed E-state index contributed by atoms with van der Waals surface area (Å²) in [5.41, 5.74) is 1.48. The van der Waals surface area contributed by atoms with Crippen LogP contribution in [0.4, 0.5) is 0 Å². The topological polar surface area (TPSA) is 90.6 Å². The van der Waals surface area contributed by atoms with Crippen LogP contribution in [-0.2, 0) is 6.54 Å². The highest BCUT2D eigenvalue weighted by atomic mass is 32.2. The van der Waals surface area contributed by atoms with E-state index < -0.39 is 5.69 Å². The monoisotopic (exact) mass is 278 g/mol. The molecule has 0 aliphatic rings. The summed E-state index contributed by atoms with van der Waals surface area (Å²) in [5, 5.41) is 3.24. The lowest BCUT2D eigenvalue weighted by molar-refractivity contribution is 0.0946. The molecule has 0 unspecified atom stereocenters. The van der Waals surface area contributed by atoms with Crippen LogP contribution in [0.15, 0.2) is 28.3 Å². The van der Waals surface area contributed by atoms with E-state index in [0.29, 0.717) is 22.8 Å². The highest BCUT2D eigenvalue weighted by molar-refractivity contribution is 7.98. The van der Waals surface area contributed by atoms with Gasteiger partial charge in [0.1, 0.15) is 5.03 Å². The number of nitrogens with one attached hydrogen (secondary N) is 3. The van der Waals surface area contributed by atoms with Gasteiger partial charge in [-0.1, -0.05) is 0 Å². The molecule has 6 nitrogen and oxygen atoms in total. The van der Waals surface area contributed by atoms with Gasteiger partial charge in [0.05, 0.1) is 5.56 Å². The van der Waals surface area contributed by atoms with Crippen molar-refractivity contribution in [2.24, 2.45) is 0 Å². The van der Waals surface area contributed by atoms with Crippen LogP contribution in [0.25, 0.3) is 0 Å². The molecule has 7 heteroatoms. The van der Waals surface area contributed by atoms with E-state index in [4.69, 9.17) is 0 Å². The van der Waals surface area contributed by atoms with Gasteiger partial charge in [0, 0.05) is 24.6 Å². The Hall–Kier alpha value is -2.02. The number of H-pyrrole nitrogens is 2. The molecule has 2 aromatic heterocycles. The molecule has 2 heterocycles. The van der Waals surface area contributed by atoms with Gasteiger partial charge in [-0.15, -0.1) is 11.8 Å². The number of aromatic nitrogens is 3. The summed E-state index contributed by atoms with van der Waals surface area (Å²) in [4.78, 5) is 32.7. The maximum absolute atomic E-state index is 12.2. The van der Waals surface area contributed by atoms with Crippen LogP contribution in [0.5, 0.6) is 0 Å². The SMILES string of the molecule is CSc1nc(=O)[nH]c(C)c1C(=O)NCc1cc[nH]c1. The van der Waals surface area contributed by atoms with Crippen molar-refractivity contribution in [3.8, 4) is 0 Å². The first-order valence-electron chi connectivity index (χ1n) is 5.66. The molecule has 19 heavy (non-hydrogen) atoms. The Morgan fingerprint density at radius 2 is 2.32 bits per heavy atom. The molecule has 0 radical (unpaired) electrons. The predicted octanol–water partition coefficient (Wildman–Crippen LogP) is 1.06. The lowest BCUT2D eigenvalue weighted by Gasteiger charge is -2.09. The van der Waals surface area contributed by atoms with Gasteiger partial charge >= 0.3 is 5.69 Å². The minimum absolute atomic E-state index is 0.244. The lowest BCUT2D eigenvalue weighted by atomic mass is 10.2. The third-order valence-corrected chi connectivity index (χ3v) is 3.30. The van der Waals surface area contributed by atoms with Crippen molar-refractivity contribution < 1.29 is 4.79 Å². The Balaban J connectivity index is 2.21. The number of amides is 1. The maximum Gasteiger partial charge on any atom is 0.346 e. The average Bonchev–Trinajstić information content (AvgIpc) is 2.88. The summed E-state index contributed by atoms with van der Waals surface area (Å²) in [6, 6.07) is 1.88. The van der Waals surface area contributed by atoms with Crippen LogP contribution < -0.4 is 11.0 Å². The van der Waals surface area contributed by atoms with Gasteiger partial charge < -0.3 is 15.3 Å². The molecule has 0 aromatic carbocycles. The fraction of sp³-hybridized carbons (Fsp3) is 0.250. The van der Waals surface area contributed by atoms with Gasteiger partial charge in [-0.2, -0.15) is 4.98 Å². The summed E-state index contributed by atoms with van der Waals surface area (Å²) in [7, 11) is 0. The molecular weight excluding hydrogens is 264 g/mol. The molecule has 100 valence electrons. The van der Waals surface area contributed by atoms with E-state index in [2.05, 4.69) is 20.3 Å². The molecule has 0 fully saturated rings. The fourth-order valence-electron chi connectivity index (χ4n) is 1.71. The molecule has 0 spiro atoms. The van der Waals surface area contributed by atoms with Crippen molar-refractivity contribution in [3.05, 3.63) is 45.8 Å². The number of nitrogens with zero attached hydrogens (tertiary/aromatic N) is 1. The Bertz CT molecular complexity index is 634. The van der Waals surface area contributed by atoms with Crippen LogP contribution >= 0.6 is 11.8 Å². The van der Waals surface area contributed by atoms with Crippen molar-refractivity contribution in [1.82, 2.24) is 20.3 Å². The molecule has 0 atom stereocenters. The second kappa shape index (κ2) is 5.75. The van der Waals surface area contributed by atoms with Gasteiger partial charge in [0.2, 0.25) is 0 Å². The highest BCUT2D eigenvalue weighted by Crippen LogP contribution is 2.17. The zero-order valence-corrected chi connectivity index (χ0v) is 11.4. The fourth-order valence-corrected chi connectivity index (χ4v) is 2.34. The van der Waals surface area contributed by atoms with Gasteiger partial charge in [-0.05, 0) is 24.8 Å². The standard InChI is InChI=1S/C12H14N4O2S/c1-7-9(11(19-2)16-12(18)15-7)10(17)14-6-8-3-4-13-5-8/h3-5,13H,6H2,1-2H3,(H,14,17)(H,15,16,18). The number of carbonyl (C=O) groups excluding carboxylic acids is 1. The summed E-state index contributed by atoms with van der Waals surface area (Å²) < 4.78 is 0. The zero-order valence-electron chi connectivity index (χ0n) is 10.6. The van der Waals surface area contributed by atoms with Crippen molar-refractivity contribution in [2.45, 2.75) is 18.5 Å². The maximum atomic E-state index is 12.2. The van der Waals surface area contributed by atoms with E-state index in [9.17, 15) is 9.59 Å². The summed E-state index contributed by atoms with van der Waals surface area (Å²) >= 11 is 1.28. The van der Waals surface area contributed by atoms with Gasteiger partial charge in [0.25, 0.3) is 5.91 Å². The quantitative estimate of drug-likeness (QED) is 0.576. The first-order valence-corrected chi connectivity index (χ1v) is 6.89. The van der Waals surface area contributed by atoms with Crippen LogP contribution in [0, 0.1) is 6.92 Å². The molecular formula is C12H14N4O2S. The lowest BCUT2D eigenvalue weighted by Crippen LogP contribution is -2.27. The third-order valence-electron chi connectivity index (χ3n) is 2.62. The first-order chi connectivity index (χ1) is 9.11. The highest BCUT2D eigenvalue weighted by Gasteiger charge is 2.16. The number of aromatic amines is 2. The third kappa shape index (κ3) is 3.05.